The smallest absolute Gasteiger partial charge is 0.241 e. The van der Waals surface area contributed by atoms with Crippen molar-refractivity contribution in [1.82, 2.24) is 4.72 Å². The minimum atomic E-state index is -3.87. The molecule has 0 spiro atoms. The third-order valence-corrected chi connectivity index (χ3v) is 6.23. The molecule has 156 valence electrons. The Bertz CT molecular complexity index is 1140. The summed E-state index contributed by atoms with van der Waals surface area (Å²) >= 11 is 5.94. The number of amides is 1. The highest BCUT2D eigenvalue weighted by atomic mass is 35.5. The van der Waals surface area contributed by atoms with Crippen molar-refractivity contribution in [3.63, 3.8) is 0 Å². The van der Waals surface area contributed by atoms with Crippen LogP contribution >= 0.6 is 11.6 Å². The molecule has 0 heterocycles. The second kappa shape index (κ2) is 9.38. The van der Waals surface area contributed by atoms with E-state index in [0.29, 0.717) is 21.8 Å². The van der Waals surface area contributed by atoms with Crippen LogP contribution in [0.2, 0.25) is 5.02 Å². The monoisotopic (exact) mass is 446 g/mol. The zero-order valence-electron chi connectivity index (χ0n) is 16.1. The molecule has 8 heteroatoms. The lowest BCUT2D eigenvalue weighted by atomic mass is 10.0. The minimum Gasteiger partial charge on any atom is -0.326 e. The van der Waals surface area contributed by atoms with Crippen LogP contribution < -0.4 is 10.0 Å². The van der Waals surface area contributed by atoms with Gasteiger partial charge in [0.1, 0.15) is 5.82 Å². The van der Waals surface area contributed by atoms with Crippen LogP contribution in [0.15, 0.2) is 77.7 Å². The van der Waals surface area contributed by atoms with Gasteiger partial charge in [-0.1, -0.05) is 48.0 Å². The summed E-state index contributed by atoms with van der Waals surface area (Å²) in [7, 11) is -3.87. The number of sulfonamides is 1. The van der Waals surface area contributed by atoms with Gasteiger partial charge in [0.2, 0.25) is 15.9 Å². The Morgan fingerprint density at radius 3 is 2.37 bits per heavy atom. The zero-order valence-corrected chi connectivity index (χ0v) is 17.7. The molecule has 2 N–H and O–H groups in total. The molecule has 3 aromatic rings. The fourth-order valence-corrected chi connectivity index (χ4v) is 4.26. The number of halogens is 2. The maximum absolute atomic E-state index is 13.5. The zero-order chi connectivity index (χ0) is 21.7. The topological polar surface area (TPSA) is 75.3 Å². The van der Waals surface area contributed by atoms with Gasteiger partial charge in [0.05, 0.1) is 10.9 Å². The maximum atomic E-state index is 13.5. The number of carbonyl (C=O) groups excluding carboxylic acids is 1. The predicted octanol–water partition coefficient (Wildman–Crippen LogP) is 4.84. The van der Waals surface area contributed by atoms with E-state index in [9.17, 15) is 17.6 Å². The first-order valence-corrected chi connectivity index (χ1v) is 11.0. The molecule has 0 bridgehead atoms. The van der Waals surface area contributed by atoms with Crippen molar-refractivity contribution in [2.45, 2.75) is 24.3 Å². The van der Waals surface area contributed by atoms with Crippen LogP contribution in [0.25, 0.3) is 0 Å². The molecule has 0 saturated heterocycles. The molecule has 0 aromatic heterocycles. The number of hydrogen-bond donors (Lipinski definition) is 2. The number of anilines is 1. The standard InChI is InChI=1S/C22H20ClFN2O3S/c1-15-7-12-18(24)13-20(15)25-22(27)14-21(16-8-10-17(23)11-9-16)26-30(28,29)19-5-3-2-4-6-19/h2-13,21,26H,14H2,1H3,(H,25,27)/t21-/m0/s1. The van der Waals surface area contributed by atoms with E-state index in [1.54, 1.807) is 55.5 Å². The molecule has 5 nitrogen and oxygen atoms in total. The van der Waals surface area contributed by atoms with Crippen LogP contribution in [-0.2, 0) is 14.8 Å². The fourth-order valence-electron chi connectivity index (χ4n) is 2.89. The third-order valence-electron chi connectivity index (χ3n) is 4.49. The van der Waals surface area contributed by atoms with E-state index >= 15 is 0 Å². The molecule has 0 aliphatic heterocycles. The molecule has 1 amide bonds. The Morgan fingerprint density at radius 2 is 1.70 bits per heavy atom. The number of aryl methyl sites for hydroxylation is 1. The first kappa shape index (κ1) is 22.0. The molecule has 1 atom stereocenters. The average molecular weight is 447 g/mol. The van der Waals surface area contributed by atoms with E-state index in [2.05, 4.69) is 10.0 Å². The van der Waals surface area contributed by atoms with E-state index in [1.165, 1.54) is 24.3 Å². The summed E-state index contributed by atoms with van der Waals surface area (Å²) in [5, 5.41) is 3.14. The van der Waals surface area contributed by atoms with Crippen LogP contribution in [0.3, 0.4) is 0 Å². The van der Waals surface area contributed by atoms with E-state index in [4.69, 9.17) is 11.6 Å². The lowest BCUT2D eigenvalue weighted by molar-refractivity contribution is -0.116. The van der Waals surface area contributed by atoms with Crippen LogP contribution in [0.4, 0.5) is 10.1 Å². The van der Waals surface area contributed by atoms with Gasteiger partial charge in [-0.25, -0.2) is 17.5 Å². The molecule has 0 aliphatic rings. The SMILES string of the molecule is Cc1ccc(F)cc1NC(=O)C[C@H](NS(=O)(=O)c1ccccc1)c1ccc(Cl)cc1. The lowest BCUT2D eigenvalue weighted by Crippen LogP contribution is -2.31. The van der Waals surface area contributed by atoms with Gasteiger partial charge in [0, 0.05) is 17.1 Å². The number of carbonyl (C=O) groups is 1. The van der Waals surface area contributed by atoms with Crippen molar-refractivity contribution in [3.8, 4) is 0 Å². The van der Waals surface area contributed by atoms with E-state index in [-0.39, 0.29) is 11.3 Å². The summed E-state index contributed by atoms with van der Waals surface area (Å²) in [5.41, 5.74) is 1.60. The molecule has 0 saturated carbocycles. The first-order chi connectivity index (χ1) is 14.2. The molecule has 30 heavy (non-hydrogen) atoms. The summed E-state index contributed by atoms with van der Waals surface area (Å²) in [6, 6.07) is 17.7. The fraction of sp³-hybridized carbons (Fsp3) is 0.136. The number of rotatable bonds is 7. The van der Waals surface area contributed by atoms with Gasteiger partial charge in [-0.05, 0) is 54.4 Å². The second-order valence-corrected chi connectivity index (χ2v) is 8.90. The molecule has 0 radical (unpaired) electrons. The minimum absolute atomic E-state index is 0.0883. The van der Waals surface area contributed by atoms with Crippen molar-refractivity contribution in [3.05, 3.63) is 94.8 Å². The van der Waals surface area contributed by atoms with Crippen LogP contribution in [0.1, 0.15) is 23.6 Å². The lowest BCUT2D eigenvalue weighted by Gasteiger charge is -2.19. The Kier molecular flexibility index (Phi) is 6.87. The summed E-state index contributed by atoms with van der Waals surface area (Å²) in [6.45, 7) is 1.74. The highest BCUT2D eigenvalue weighted by Crippen LogP contribution is 2.24. The normalized spacial score (nSPS) is 12.4. The summed E-state index contributed by atoms with van der Waals surface area (Å²) in [5.74, 6) is -0.936. The molecule has 0 aliphatic carbocycles. The Labute approximate surface area is 179 Å². The number of hydrogen-bond acceptors (Lipinski definition) is 3. The number of nitrogens with one attached hydrogen (secondary N) is 2. The van der Waals surface area contributed by atoms with Crippen molar-refractivity contribution < 1.29 is 17.6 Å². The molecule has 0 unspecified atom stereocenters. The van der Waals surface area contributed by atoms with E-state index in [0.717, 1.165) is 0 Å². The van der Waals surface area contributed by atoms with Crippen LogP contribution in [0, 0.1) is 12.7 Å². The summed E-state index contributed by atoms with van der Waals surface area (Å²) in [4.78, 5) is 12.7. The van der Waals surface area contributed by atoms with Gasteiger partial charge in [-0.3, -0.25) is 4.79 Å². The Morgan fingerprint density at radius 1 is 1.03 bits per heavy atom. The van der Waals surface area contributed by atoms with Crippen LogP contribution in [-0.4, -0.2) is 14.3 Å². The summed E-state index contributed by atoms with van der Waals surface area (Å²) < 4.78 is 41.7. The highest BCUT2D eigenvalue weighted by molar-refractivity contribution is 7.89. The average Bonchev–Trinajstić information content (AvgIpc) is 2.71. The van der Waals surface area contributed by atoms with Gasteiger partial charge in [-0.2, -0.15) is 0 Å². The first-order valence-electron chi connectivity index (χ1n) is 9.13. The predicted molar refractivity (Wildman–Crippen MR) is 115 cm³/mol. The molecular weight excluding hydrogens is 427 g/mol. The largest absolute Gasteiger partial charge is 0.326 e. The van der Waals surface area contributed by atoms with Crippen molar-refractivity contribution in [2.24, 2.45) is 0 Å². The quantitative estimate of drug-likeness (QED) is 0.545. The van der Waals surface area contributed by atoms with Gasteiger partial charge < -0.3 is 5.32 Å². The summed E-state index contributed by atoms with van der Waals surface area (Å²) in [6.07, 6.45) is -0.191. The number of benzene rings is 3. The van der Waals surface area contributed by atoms with Crippen molar-refractivity contribution in [1.29, 1.82) is 0 Å². The van der Waals surface area contributed by atoms with Crippen molar-refractivity contribution in [2.75, 3.05) is 5.32 Å². The maximum Gasteiger partial charge on any atom is 0.241 e. The van der Waals surface area contributed by atoms with Gasteiger partial charge in [0.15, 0.2) is 0 Å². The van der Waals surface area contributed by atoms with Gasteiger partial charge in [0.25, 0.3) is 0 Å². The molecule has 3 aromatic carbocycles. The second-order valence-electron chi connectivity index (χ2n) is 6.75. The highest BCUT2D eigenvalue weighted by Gasteiger charge is 2.24. The molecule has 0 fully saturated rings. The Hall–Kier alpha value is -2.74. The third kappa shape index (κ3) is 5.66. The Balaban J connectivity index is 1.85. The molecular formula is C22H20ClFN2O3S. The molecule has 3 rings (SSSR count). The van der Waals surface area contributed by atoms with Crippen molar-refractivity contribution >= 4 is 33.2 Å². The van der Waals surface area contributed by atoms with E-state index < -0.39 is 27.8 Å². The van der Waals surface area contributed by atoms with Gasteiger partial charge in [-0.15, -0.1) is 0 Å². The van der Waals surface area contributed by atoms with Crippen LogP contribution in [0.5, 0.6) is 0 Å². The van der Waals surface area contributed by atoms with E-state index in [1.807, 2.05) is 0 Å². The van der Waals surface area contributed by atoms with Gasteiger partial charge >= 0.3 is 0 Å².